The zero-order valence-corrected chi connectivity index (χ0v) is 7.60. The molecule has 0 saturated heterocycles. The Hall–Kier alpha value is -2.21. The number of hydrogen-bond donors (Lipinski definition) is 0. The zero-order valence-electron chi connectivity index (χ0n) is 7.60. The fourth-order valence-electron chi connectivity index (χ4n) is 1.02. The summed E-state index contributed by atoms with van der Waals surface area (Å²) in [6.07, 6.45) is -4.81. The number of rotatable bonds is 2. The van der Waals surface area contributed by atoms with Crippen LogP contribution in [0.3, 0.4) is 0 Å². The van der Waals surface area contributed by atoms with Crippen LogP contribution in [-0.2, 0) is 0 Å². The zero-order chi connectivity index (χ0) is 12.3. The average Bonchev–Trinajstić information content (AvgIpc) is 2.17. The molecule has 8 heteroatoms. The third-order valence-corrected chi connectivity index (χ3v) is 1.72. The summed E-state index contributed by atoms with van der Waals surface area (Å²) in [5.74, 6) is 0. The van der Waals surface area contributed by atoms with Crippen LogP contribution >= 0.6 is 0 Å². The maximum absolute atomic E-state index is 12.2. The van der Waals surface area contributed by atoms with Crippen LogP contribution in [0.5, 0.6) is 0 Å². The first-order chi connectivity index (χ1) is 7.36. The summed E-state index contributed by atoms with van der Waals surface area (Å²) >= 11 is 0. The van der Waals surface area contributed by atoms with Crippen LogP contribution in [0.4, 0.5) is 18.9 Å². The van der Waals surface area contributed by atoms with Crippen molar-refractivity contribution in [2.45, 2.75) is 6.18 Å². The van der Waals surface area contributed by atoms with Gasteiger partial charge in [-0.25, -0.2) is 0 Å². The van der Waals surface area contributed by atoms with Gasteiger partial charge in [0.1, 0.15) is 0 Å². The number of benzene rings is 1. The van der Waals surface area contributed by atoms with Gasteiger partial charge < -0.3 is 5.53 Å². The number of nitro groups is 1. The van der Waals surface area contributed by atoms with Gasteiger partial charge in [0.05, 0.1) is 10.5 Å². The monoisotopic (exact) mass is 231 g/mol. The number of alkyl halides is 3. The van der Waals surface area contributed by atoms with Crippen molar-refractivity contribution in [3.63, 3.8) is 0 Å². The van der Waals surface area contributed by atoms with Crippen molar-refractivity contribution in [2.75, 3.05) is 0 Å². The Kier molecular flexibility index (Phi) is 3.05. The lowest BCUT2D eigenvalue weighted by Crippen LogP contribution is -2.24. The normalized spacial score (nSPS) is 10.7. The van der Waals surface area contributed by atoms with E-state index in [4.69, 9.17) is 5.53 Å². The van der Waals surface area contributed by atoms with Crippen LogP contribution in [-0.4, -0.2) is 21.6 Å². The van der Waals surface area contributed by atoms with Crippen molar-refractivity contribution in [3.8, 4) is 0 Å². The van der Waals surface area contributed by atoms with Gasteiger partial charge in [0.25, 0.3) is 5.69 Å². The molecule has 0 N–H and O–H groups in total. The van der Waals surface area contributed by atoms with Crippen LogP contribution in [0.25, 0.3) is 5.53 Å². The van der Waals surface area contributed by atoms with Crippen molar-refractivity contribution in [3.05, 3.63) is 45.5 Å². The first-order valence-corrected chi connectivity index (χ1v) is 3.90. The molecule has 1 rings (SSSR count). The third kappa shape index (κ3) is 2.43. The summed E-state index contributed by atoms with van der Waals surface area (Å²) < 4.78 is 36.7. The highest BCUT2D eigenvalue weighted by Crippen LogP contribution is 2.22. The van der Waals surface area contributed by atoms with E-state index in [1.807, 2.05) is 0 Å². The van der Waals surface area contributed by atoms with Crippen LogP contribution in [0, 0.1) is 10.1 Å². The van der Waals surface area contributed by atoms with Gasteiger partial charge in [0.2, 0.25) is 0 Å². The molecule has 0 unspecified atom stereocenters. The lowest BCUT2D eigenvalue weighted by atomic mass is 10.1. The predicted molar refractivity (Wildman–Crippen MR) is 46.9 cm³/mol. The lowest BCUT2D eigenvalue weighted by molar-refractivity contribution is -0.384. The highest BCUT2D eigenvalue weighted by molar-refractivity contribution is 6.00. The van der Waals surface area contributed by atoms with Crippen molar-refractivity contribution in [1.82, 2.24) is 0 Å². The third-order valence-electron chi connectivity index (χ3n) is 1.72. The van der Waals surface area contributed by atoms with Crippen molar-refractivity contribution in [1.29, 1.82) is 0 Å². The Labute approximate surface area is 86.9 Å². The van der Waals surface area contributed by atoms with Crippen LogP contribution in [0.15, 0.2) is 24.3 Å². The number of hydrogen-bond acceptors (Lipinski definition) is 2. The maximum Gasteiger partial charge on any atom is 0.495 e. The minimum Gasteiger partial charge on any atom is -0.361 e. The standard InChI is InChI=1S/C8H4F3N3O2/c9-8(10,11)7(13-12)5-1-3-6(4-2-5)14(15)16/h1-4H. The maximum atomic E-state index is 12.2. The summed E-state index contributed by atoms with van der Waals surface area (Å²) in [5.41, 5.74) is 5.94. The first kappa shape index (κ1) is 11.9. The van der Waals surface area contributed by atoms with E-state index in [9.17, 15) is 23.3 Å². The summed E-state index contributed by atoms with van der Waals surface area (Å²) in [6, 6.07) is 3.51. The number of nitrogens with zero attached hydrogens (tertiary/aromatic N) is 3. The minimum absolute atomic E-state index is 0.344. The minimum atomic E-state index is -4.81. The Bertz CT molecular complexity index is 460. The summed E-state index contributed by atoms with van der Waals surface area (Å²) in [6.45, 7) is 0. The smallest absolute Gasteiger partial charge is 0.361 e. The van der Waals surface area contributed by atoms with E-state index in [1.165, 1.54) is 0 Å². The highest BCUT2D eigenvalue weighted by atomic mass is 19.4. The second-order valence-corrected chi connectivity index (χ2v) is 2.75. The Morgan fingerprint density at radius 2 is 1.81 bits per heavy atom. The van der Waals surface area contributed by atoms with Gasteiger partial charge >= 0.3 is 11.9 Å². The predicted octanol–water partition coefficient (Wildman–Crippen LogP) is 2.18. The van der Waals surface area contributed by atoms with Gasteiger partial charge in [-0.15, -0.1) is 0 Å². The van der Waals surface area contributed by atoms with Gasteiger partial charge in [-0.05, 0) is 12.1 Å². The van der Waals surface area contributed by atoms with E-state index in [1.54, 1.807) is 0 Å². The molecule has 0 bridgehead atoms. The SMILES string of the molecule is [N-]=[N+]=C(c1ccc([N+](=O)[O-])cc1)C(F)(F)F. The van der Waals surface area contributed by atoms with E-state index < -0.39 is 22.4 Å². The molecular weight excluding hydrogens is 227 g/mol. The molecule has 1 aromatic rings. The number of non-ortho nitro benzene ring substituents is 1. The van der Waals surface area contributed by atoms with E-state index >= 15 is 0 Å². The van der Waals surface area contributed by atoms with Gasteiger partial charge in [0, 0.05) is 12.1 Å². The first-order valence-electron chi connectivity index (χ1n) is 3.90. The largest absolute Gasteiger partial charge is 0.495 e. The fraction of sp³-hybridized carbons (Fsp3) is 0.125. The molecular formula is C8H4F3N3O2. The number of nitro benzene ring substituents is 1. The molecule has 0 spiro atoms. The summed E-state index contributed by atoms with van der Waals surface area (Å²) in [4.78, 5) is 11.6. The topological polar surface area (TPSA) is 79.5 Å². The molecule has 0 saturated carbocycles. The molecule has 0 aromatic heterocycles. The quantitative estimate of drug-likeness (QED) is 0.257. The molecule has 0 aliphatic heterocycles. The van der Waals surface area contributed by atoms with Crippen LogP contribution < -0.4 is 0 Å². The van der Waals surface area contributed by atoms with Gasteiger partial charge in [-0.2, -0.15) is 18.0 Å². The molecule has 0 aliphatic carbocycles. The van der Waals surface area contributed by atoms with Crippen molar-refractivity contribution >= 4 is 11.4 Å². The van der Waals surface area contributed by atoms with E-state index in [-0.39, 0.29) is 5.69 Å². The molecule has 0 aliphatic rings. The molecule has 0 amide bonds. The van der Waals surface area contributed by atoms with E-state index in [0.29, 0.717) is 0 Å². The molecule has 5 nitrogen and oxygen atoms in total. The second kappa shape index (κ2) is 4.11. The van der Waals surface area contributed by atoms with Gasteiger partial charge in [0.15, 0.2) is 0 Å². The van der Waals surface area contributed by atoms with Crippen molar-refractivity contribution < 1.29 is 22.9 Å². The van der Waals surface area contributed by atoms with Gasteiger partial charge in [-0.1, -0.05) is 0 Å². The Morgan fingerprint density at radius 1 is 1.31 bits per heavy atom. The molecule has 84 valence electrons. The van der Waals surface area contributed by atoms with Crippen molar-refractivity contribution in [2.24, 2.45) is 0 Å². The van der Waals surface area contributed by atoms with E-state index in [0.717, 1.165) is 24.3 Å². The Balaban J connectivity index is 3.16. The number of halogens is 3. The molecule has 0 fully saturated rings. The summed E-state index contributed by atoms with van der Waals surface area (Å²) in [5, 5.41) is 10.3. The molecule has 0 radical (unpaired) electrons. The Morgan fingerprint density at radius 3 is 2.12 bits per heavy atom. The van der Waals surface area contributed by atoms with Gasteiger partial charge in [-0.3, -0.25) is 10.1 Å². The van der Waals surface area contributed by atoms with Crippen LogP contribution in [0.2, 0.25) is 0 Å². The highest BCUT2D eigenvalue weighted by Gasteiger charge is 2.45. The average molecular weight is 231 g/mol. The van der Waals surface area contributed by atoms with E-state index in [2.05, 4.69) is 4.79 Å². The fourth-order valence-corrected chi connectivity index (χ4v) is 1.02. The molecule has 16 heavy (non-hydrogen) atoms. The molecule has 0 heterocycles. The van der Waals surface area contributed by atoms with Crippen LogP contribution in [0.1, 0.15) is 5.56 Å². The second-order valence-electron chi connectivity index (χ2n) is 2.75. The molecule has 1 aromatic carbocycles. The molecule has 0 atom stereocenters. The summed E-state index contributed by atoms with van der Waals surface area (Å²) in [7, 11) is 0. The lowest BCUT2D eigenvalue weighted by Gasteiger charge is -2.00.